The van der Waals surface area contributed by atoms with Crippen molar-refractivity contribution < 1.29 is 14.3 Å². The Bertz CT molecular complexity index is 616. The molecule has 1 amide bonds. The fourth-order valence-electron chi connectivity index (χ4n) is 1.92. The Kier molecular flexibility index (Phi) is 4.98. The van der Waals surface area contributed by atoms with E-state index in [0.717, 1.165) is 6.07 Å². The Labute approximate surface area is 127 Å². The number of carbonyl (C=O) groups is 1. The first-order chi connectivity index (χ1) is 9.99. The first-order valence-corrected chi connectivity index (χ1v) is 6.90. The molecule has 0 fully saturated rings. The van der Waals surface area contributed by atoms with E-state index in [2.05, 4.69) is 5.32 Å². The van der Waals surface area contributed by atoms with Gasteiger partial charge in [0.15, 0.2) is 0 Å². The van der Waals surface area contributed by atoms with Crippen molar-refractivity contribution in [3.8, 4) is 0 Å². The van der Waals surface area contributed by atoms with E-state index in [0.29, 0.717) is 5.56 Å². The molecule has 4 nitrogen and oxygen atoms in total. The number of benzene rings is 1. The molecule has 0 aliphatic heterocycles. The van der Waals surface area contributed by atoms with Crippen LogP contribution in [0.15, 0.2) is 42.7 Å². The van der Waals surface area contributed by atoms with E-state index >= 15 is 0 Å². The van der Waals surface area contributed by atoms with Gasteiger partial charge in [0.2, 0.25) is 5.91 Å². The third-order valence-electron chi connectivity index (χ3n) is 3.25. The predicted molar refractivity (Wildman–Crippen MR) is 78.5 cm³/mol. The van der Waals surface area contributed by atoms with Gasteiger partial charge in [0.05, 0.1) is 11.1 Å². The van der Waals surface area contributed by atoms with Gasteiger partial charge in [-0.25, -0.2) is 4.39 Å². The molecular weight excluding hydrogens is 295 g/mol. The summed E-state index contributed by atoms with van der Waals surface area (Å²) in [6, 6.07) is 7.34. The number of aliphatic hydroxyl groups is 1. The number of hydrogen-bond donors (Lipinski definition) is 2. The molecule has 0 spiro atoms. The molecule has 2 unspecified atom stereocenters. The van der Waals surface area contributed by atoms with Gasteiger partial charge in [0.25, 0.3) is 0 Å². The minimum atomic E-state index is -0.988. The zero-order valence-corrected chi connectivity index (χ0v) is 12.2. The van der Waals surface area contributed by atoms with Crippen molar-refractivity contribution in [1.82, 2.24) is 9.88 Å². The molecule has 1 heterocycles. The number of rotatable bonds is 5. The molecule has 112 valence electrons. The van der Waals surface area contributed by atoms with Crippen LogP contribution in [-0.2, 0) is 4.79 Å². The summed E-state index contributed by atoms with van der Waals surface area (Å²) in [4.78, 5) is 12.0. The largest absolute Gasteiger partial charge is 0.387 e. The lowest BCUT2D eigenvalue weighted by Gasteiger charge is -2.16. The SMILES string of the molecule is CC(C(=O)NCC(O)c1ccc(Cl)c(F)c1)n1cccc1. The van der Waals surface area contributed by atoms with Crippen LogP contribution in [0.3, 0.4) is 0 Å². The summed E-state index contributed by atoms with van der Waals surface area (Å²) in [7, 11) is 0. The number of nitrogens with one attached hydrogen (secondary N) is 1. The monoisotopic (exact) mass is 310 g/mol. The van der Waals surface area contributed by atoms with Crippen LogP contribution in [0.2, 0.25) is 5.02 Å². The summed E-state index contributed by atoms with van der Waals surface area (Å²) in [6.45, 7) is 1.76. The third-order valence-corrected chi connectivity index (χ3v) is 3.56. The Morgan fingerprint density at radius 3 is 2.71 bits per heavy atom. The maximum absolute atomic E-state index is 13.3. The fourth-order valence-corrected chi connectivity index (χ4v) is 2.04. The summed E-state index contributed by atoms with van der Waals surface area (Å²) < 4.78 is 15.1. The van der Waals surface area contributed by atoms with Crippen molar-refractivity contribution >= 4 is 17.5 Å². The molecule has 0 saturated carbocycles. The van der Waals surface area contributed by atoms with Crippen molar-refractivity contribution in [1.29, 1.82) is 0 Å². The highest BCUT2D eigenvalue weighted by Gasteiger charge is 2.16. The second kappa shape index (κ2) is 6.74. The third kappa shape index (κ3) is 3.83. The Morgan fingerprint density at radius 1 is 1.43 bits per heavy atom. The van der Waals surface area contributed by atoms with Crippen molar-refractivity contribution in [3.63, 3.8) is 0 Å². The maximum atomic E-state index is 13.3. The molecule has 21 heavy (non-hydrogen) atoms. The highest BCUT2D eigenvalue weighted by Crippen LogP contribution is 2.20. The lowest BCUT2D eigenvalue weighted by atomic mass is 10.1. The molecule has 2 rings (SSSR count). The highest BCUT2D eigenvalue weighted by atomic mass is 35.5. The molecule has 1 aromatic carbocycles. The second-order valence-electron chi connectivity index (χ2n) is 4.74. The molecule has 2 atom stereocenters. The van der Waals surface area contributed by atoms with Gasteiger partial charge in [-0.2, -0.15) is 0 Å². The predicted octanol–water partition coefficient (Wildman–Crippen LogP) is 2.69. The Balaban J connectivity index is 1.92. The van der Waals surface area contributed by atoms with Gasteiger partial charge < -0.3 is 15.0 Å². The van der Waals surface area contributed by atoms with E-state index in [9.17, 15) is 14.3 Å². The van der Waals surface area contributed by atoms with E-state index < -0.39 is 11.9 Å². The van der Waals surface area contributed by atoms with E-state index in [4.69, 9.17) is 11.6 Å². The number of amides is 1. The number of nitrogens with zero attached hydrogens (tertiary/aromatic N) is 1. The molecule has 0 saturated heterocycles. The molecule has 0 bridgehead atoms. The molecule has 6 heteroatoms. The smallest absolute Gasteiger partial charge is 0.242 e. The van der Waals surface area contributed by atoms with Crippen LogP contribution in [0.1, 0.15) is 24.6 Å². The van der Waals surface area contributed by atoms with Crippen LogP contribution < -0.4 is 5.32 Å². The minimum absolute atomic E-state index is 0.00350. The maximum Gasteiger partial charge on any atom is 0.242 e. The van der Waals surface area contributed by atoms with Gasteiger partial charge in [-0.15, -0.1) is 0 Å². The topological polar surface area (TPSA) is 54.3 Å². The standard InChI is InChI=1S/C15H16ClFN2O2/c1-10(19-6-2-3-7-19)15(21)18-9-14(20)11-4-5-12(16)13(17)8-11/h2-8,10,14,20H,9H2,1H3,(H,18,21). The van der Waals surface area contributed by atoms with E-state index in [1.165, 1.54) is 12.1 Å². The van der Waals surface area contributed by atoms with Crippen LogP contribution in [0, 0.1) is 5.82 Å². The van der Waals surface area contributed by atoms with Gasteiger partial charge in [-0.05, 0) is 36.8 Å². The van der Waals surface area contributed by atoms with Crippen molar-refractivity contribution in [2.75, 3.05) is 6.54 Å². The normalized spacial score (nSPS) is 13.7. The average molecular weight is 311 g/mol. The lowest BCUT2D eigenvalue weighted by Crippen LogP contribution is -2.33. The lowest BCUT2D eigenvalue weighted by molar-refractivity contribution is -0.124. The zero-order chi connectivity index (χ0) is 15.4. The molecule has 2 aromatic rings. The molecular formula is C15H16ClFN2O2. The van der Waals surface area contributed by atoms with Gasteiger partial charge in [-0.3, -0.25) is 4.79 Å². The molecule has 2 N–H and O–H groups in total. The van der Waals surface area contributed by atoms with Crippen LogP contribution in [-0.4, -0.2) is 22.1 Å². The Hall–Kier alpha value is -1.85. The quantitative estimate of drug-likeness (QED) is 0.892. The van der Waals surface area contributed by atoms with Crippen LogP contribution in [0.5, 0.6) is 0 Å². The summed E-state index contributed by atoms with van der Waals surface area (Å²) in [5.74, 6) is -0.820. The average Bonchev–Trinajstić information content (AvgIpc) is 3.00. The summed E-state index contributed by atoms with van der Waals surface area (Å²) in [6.07, 6.45) is 2.59. The van der Waals surface area contributed by atoms with Crippen molar-refractivity contribution in [3.05, 3.63) is 59.1 Å². The fraction of sp³-hybridized carbons (Fsp3) is 0.267. The number of aromatic nitrogens is 1. The number of aliphatic hydroxyl groups excluding tert-OH is 1. The van der Waals surface area contributed by atoms with E-state index in [-0.39, 0.29) is 23.5 Å². The summed E-state index contributed by atoms with van der Waals surface area (Å²) in [5.41, 5.74) is 0.366. The van der Waals surface area contributed by atoms with Crippen LogP contribution in [0.25, 0.3) is 0 Å². The van der Waals surface area contributed by atoms with E-state index in [1.54, 1.807) is 23.9 Å². The molecule has 0 aliphatic rings. The first-order valence-electron chi connectivity index (χ1n) is 6.52. The summed E-state index contributed by atoms with van der Waals surface area (Å²) in [5, 5.41) is 12.6. The number of carbonyl (C=O) groups excluding carboxylic acids is 1. The second-order valence-corrected chi connectivity index (χ2v) is 5.15. The van der Waals surface area contributed by atoms with Gasteiger partial charge in [-0.1, -0.05) is 17.7 Å². The van der Waals surface area contributed by atoms with Crippen LogP contribution >= 0.6 is 11.6 Å². The number of hydrogen-bond acceptors (Lipinski definition) is 2. The van der Waals surface area contributed by atoms with Gasteiger partial charge >= 0.3 is 0 Å². The Morgan fingerprint density at radius 2 is 2.10 bits per heavy atom. The minimum Gasteiger partial charge on any atom is -0.387 e. The highest BCUT2D eigenvalue weighted by molar-refractivity contribution is 6.30. The molecule has 0 radical (unpaired) electrons. The van der Waals surface area contributed by atoms with Crippen molar-refractivity contribution in [2.24, 2.45) is 0 Å². The van der Waals surface area contributed by atoms with Crippen molar-refractivity contribution in [2.45, 2.75) is 19.1 Å². The molecule has 0 aliphatic carbocycles. The molecule has 1 aromatic heterocycles. The number of halogens is 2. The van der Waals surface area contributed by atoms with Gasteiger partial charge in [0.1, 0.15) is 11.9 Å². The van der Waals surface area contributed by atoms with Crippen LogP contribution in [0.4, 0.5) is 4.39 Å². The first kappa shape index (κ1) is 15.5. The van der Waals surface area contributed by atoms with Gasteiger partial charge in [0, 0.05) is 18.9 Å². The zero-order valence-electron chi connectivity index (χ0n) is 11.5. The summed E-state index contributed by atoms with van der Waals surface area (Å²) >= 11 is 5.58. The van der Waals surface area contributed by atoms with E-state index in [1.807, 2.05) is 12.1 Å².